The third-order valence-corrected chi connectivity index (χ3v) is 3.74. The standard InChI is InChI=1S/C15H17ClFN3O2/c1-3-6-20-13(14(16)9(2)19-20)8-18-10-4-5-12(17)11(7-10)15(21)22/h4-5,7,18H,3,6,8H2,1-2H3,(H,21,22). The van der Waals surface area contributed by atoms with Crippen molar-refractivity contribution in [3.8, 4) is 0 Å². The van der Waals surface area contributed by atoms with Crippen molar-refractivity contribution in [2.75, 3.05) is 5.32 Å². The third-order valence-electron chi connectivity index (χ3n) is 3.25. The molecule has 0 radical (unpaired) electrons. The molecule has 0 bridgehead atoms. The third kappa shape index (κ3) is 3.39. The number of carboxylic acids is 1. The number of aromatic carboxylic acids is 1. The summed E-state index contributed by atoms with van der Waals surface area (Å²) in [5, 5.41) is 16.9. The van der Waals surface area contributed by atoms with Crippen molar-refractivity contribution in [2.24, 2.45) is 0 Å². The van der Waals surface area contributed by atoms with Crippen LogP contribution in [0.25, 0.3) is 0 Å². The summed E-state index contributed by atoms with van der Waals surface area (Å²) in [6, 6.07) is 3.88. The first kappa shape index (κ1) is 16.3. The van der Waals surface area contributed by atoms with Crippen LogP contribution in [0.5, 0.6) is 0 Å². The van der Waals surface area contributed by atoms with Gasteiger partial charge < -0.3 is 10.4 Å². The van der Waals surface area contributed by atoms with E-state index in [0.717, 1.165) is 30.4 Å². The Bertz CT molecular complexity index is 700. The van der Waals surface area contributed by atoms with Gasteiger partial charge in [-0.2, -0.15) is 5.10 Å². The minimum atomic E-state index is -1.30. The summed E-state index contributed by atoms with van der Waals surface area (Å²) in [7, 11) is 0. The molecule has 118 valence electrons. The van der Waals surface area contributed by atoms with E-state index < -0.39 is 11.8 Å². The lowest BCUT2D eigenvalue weighted by Crippen LogP contribution is -2.10. The van der Waals surface area contributed by atoms with Crippen LogP contribution >= 0.6 is 11.6 Å². The summed E-state index contributed by atoms with van der Waals surface area (Å²) in [5.41, 5.74) is 1.71. The highest BCUT2D eigenvalue weighted by molar-refractivity contribution is 6.31. The predicted molar refractivity (Wildman–Crippen MR) is 83.0 cm³/mol. The number of halogens is 2. The molecule has 0 atom stereocenters. The van der Waals surface area contributed by atoms with E-state index in [1.54, 1.807) is 0 Å². The molecular weight excluding hydrogens is 309 g/mol. The first-order valence-electron chi connectivity index (χ1n) is 6.92. The van der Waals surface area contributed by atoms with E-state index in [1.807, 2.05) is 18.5 Å². The first-order chi connectivity index (χ1) is 10.4. The van der Waals surface area contributed by atoms with E-state index in [0.29, 0.717) is 17.3 Å². The van der Waals surface area contributed by atoms with Crippen LogP contribution in [-0.4, -0.2) is 20.9 Å². The molecule has 1 aromatic heterocycles. The zero-order valence-electron chi connectivity index (χ0n) is 12.4. The molecule has 2 aromatic rings. The maximum Gasteiger partial charge on any atom is 0.338 e. The van der Waals surface area contributed by atoms with Crippen molar-refractivity contribution in [1.29, 1.82) is 0 Å². The van der Waals surface area contributed by atoms with Gasteiger partial charge in [0.1, 0.15) is 5.82 Å². The molecule has 0 fully saturated rings. The van der Waals surface area contributed by atoms with Gasteiger partial charge in [0, 0.05) is 12.2 Å². The van der Waals surface area contributed by atoms with E-state index in [4.69, 9.17) is 16.7 Å². The van der Waals surface area contributed by atoms with Gasteiger partial charge in [-0.25, -0.2) is 9.18 Å². The van der Waals surface area contributed by atoms with E-state index in [9.17, 15) is 9.18 Å². The number of nitrogens with one attached hydrogen (secondary N) is 1. The van der Waals surface area contributed by atoms with Gasteiger partial charge in [-0.15, -0.1) is 0 Å². The normalized spacial score (nSPS) is 10.7. The van der Waals surface area contributed by atoms with Crippen LogP contribution in [-0.2, 0) is 13.1 Å². The van der Waals surface area contributed by atoms with Gasteiger partial charge in [-0.1, -0.05) is 18.5 Å². The molecule has 2 N–H and O–H groups in total. The number of carboxylic acid groups (broad SMARTS) is 1. The topological polar surface area (TPSA) is 67.2 Å². The van der Waals surface area contributed by atoms with Crippen LogP contribution in [0.1, 0.15) is 35.1 Å². The Morgan fingerprint density at radius 3 is 2.86 bits per heavy atom. The molecular formula is C15H17ClFN3O2. The van der Waals surface area contributed by atoms with Crippen molar-refractivity contribution in [3.63, 3.8) is 0 Å². The second kappa shape index (κ2) is 6.79. The SMILES string of the molecule is CCCn1nc(C)c(Cl)c1CNc1ccc(F)c(C(=O)O)c1. The summed E-state index contributed by atoms with van der Waals surface area (Å²) in [6.07, 6.45) is 0.921. The number of carbonyl (C=O) groups is 1. The minimum Gasteiger partial charge on any atom is -0.478 e. The second-order valence-electron chi connectivity index (χ2n) is 4.92. The number of nitrogens with zero attached hydrogens (tertiary/aromatic N) is 2. The van der Waals surface area contributed by atoms with Gasteiger partial charge in [0.2, 0.25) is 0 Å². The van der Waals surface area contributed by atoms with Crippen molar-refractivity contribution in [3.05, 3.63) is 46.0 Å². The molecule has 0 spiro atoms. The number of benzene rings is 1. The molecule has 1 heterocycles. The number of anilines is 1. The molecule has 22 heavy (non-hydrogen) atoms. The first-order valence-corrected chi connectivity index (χ1v) is 7.30. The summed E-state index contributed by atoms with van der Waals surface area (Å²) in [5.74, 6) is -2.06. The quantitative estimate of drug-likeness (QED) is 0.849. The number of aromatic nitrogens is 2. The largest absolute Gasteiger partial charge is 0.478 e. The lowest BCUT2D eigenvalue weighted by molar-refractivity contribution is 0.0692. The fraction of sp³-hybridized carbons (Fsp3) is 0.333. The lowest BCUT2D eigenvalue weighted by atomic mass is 10.2. The molecule has 0 saturated heterocycles. The summed E-state index contributed by atoms with van der Waals surface area (Å²) in [6.45, 7) is 5.00. The number of hydrogen-bond acceptors (Lipinski definition) is 3. The molecule has 0 unspecified atom stereocenters. The van der Waals surface area contributed by atoms with Gasteiger partial charge >= 0.3 is 5.97 Å². The maximum atomic E-state index is 13.4. The summed E-state index contributed by atoms with van der Waals surface area (Å²) in [4.78, 5) is 10.9. The van der Waals surface area contributed by atoms with Crippen LogP contribution in [0, 0.1) is 12.7 Å². The van der Waals surface area contributed by atoms with Crippen molar-refractivity contribution >= 4 is 23.3 Å². The Hall–Kier alpha value is -2.08. The Labute approximate surface area is 132 Å². The average molecular weight is 326 g/mol. The predicted octanol–water partition coefficient (Wildman–Crippen LogP) is 3.70. The van der Waals surface area contributed by atoms with Crippen LogP contribution in [0.2, 0.25) is 5.02 Å². The Kier molecular flexibility index (Phi) is 5.03. The molecule has 1 aromatic carbocycles. The zero-order chi connectivity index (χ0) is 16.3. The van der Waals surface area contributed by atoms with E-state index >= 15 is 0 Å². The molecule has 0 aliphatic rings. The van der Waals surface area contributed by atoms with Gasteiger partial charge in [-0.05, 0) is 31.5 Å². The number of hydrogen-bond donors (Lipinski definition) is 2. The molecule has 7 heteroatoms. The molecule has 0 amide bonds. The Morgan fingerprint density at radius 1 is 1.50 bits per heavy atom. The molecule has 0 aliphatic carbocycles. The number of rotatable bonds is 6. The van der Waals surface area contributed by atoms with Gasteiger partial charge in [0.05, 0.1) is 28.5 Å². The van der Waals surface area contributed by atoms with E-state index in [-0.39, 0.29) is 5.56 Å². The van der Waals surface area contributed by atoms with Gasteiger partial charge in [0.15, 0.2) is 0 Å². The average Bonchev–Trinajstić information content (AvgIpc) is 2.73. The Morgan fingerprint density at radius 2 is 2.23 bits per heavy atom. The number of aryl methyl sites for hydroxylation is 2. The van der Waals surface area contributed by atoms with Crippen molar-refractivity contribution in [1.82, 2.24) is 9.78 Å². The van der Waals surface area contributed by atoms with Crippen LogP contribution < -0.4 is 5.32 Å². The summed E-state index contributed by atoms with van der Waals surface area (Å²) >= 11 is 6.25. The highest BCUT2D eigenvalue weighted by Gasteiger charge is 2.14. The van der Waals surface area contributed by atoms with Crippen LogP contribution in [0.4, 0.5) is 10.1 Å². The molecule has 2 rings (SSSR count). The fourth-order valence-corrected chi connectivity index (χ4v) is 2.36. The lowest BCUT2D eigenvalue weighted by Gasteiger charge is -2.10. The highest BCUT2D eigenvalue weighted by Crippen LogP contribution is 2.22. The maximum absolute atomic E-state index is 13.4. The fourth-order valence-electron chi connectivity index (χ4n) is 2.16. The van der Waals surface area contributed by atoms with Crippen LogP contribution in [0.15, 0.2) is 18.2 Å². The minimum absolute atomic E-state index is 0.366. The second-order valence-corrected chi connectivity index (χ2v) is 5.30. The highest BCUT2D eigenvalue weighted by atomic mass is 35.5. The van der Waals surface area contributed by atoms with Crippen molar-refractivity contribution in [2.45, 2.75) is 33.4 Å². The monoisotopic (exact) mass is 325 g/mol. The van der Waals surface area contributed by atoms with Crippen molar-refractivity contribution < 1.29 is 14.3 Å². The molecule has 5 nitrogen and oxygen atoms in total. The molecule has 0 saturated carbocycles. The Balaban J connectivity index is 2.20. The molecule has 0 aliphatic heterocycles. The van der Waals surface area contributed by atoms with Crippen LogP contribution in [0.3, 0.4) is 0 Å². The van der Waals surface area contributed by atoms with E-state index in [2.05, 4.69) is 10.4 Å². The smallest absolute Gasteiger partial charge is 0.338 e. The van der Waals surface area contributed by atoms with E-state index in [1.165, 1.54) is 12.1 Å². The summed E-state index contributed by atoms with van der Waals surface area (Å²) < 4.78 is 15.2. The van der Waals surface area contributed by atoms with Gasteiger partial charge in [-0.3, -0.25) is 4.68 Å². The van der Waals surface area contributed by atoms with Gasteiger partial charge in [0.25, 0.3) is 0 Å². The zero-order valence-corrected chi connectivity index (χ0v) is 13.1.